The van der Waals surface area contributed by atoms with Crippen molar-refractivity contribution in [3.63, 3.8) is 0 Å². The minimum absolute atomic E-state index is 0.0164. The van der Waals surface area contributed by atoms with E-state index in [0.29, 0.717) is 18.3 Å². The summed E-state index contributed by atoms with van der Waals surface area (Å²) in [5, 5.41) is 0. The van der Waals surface area contributed by atoms with Crippen molar-refractivity contribution in [3.05, 3.63) is 35.9 Å². The van der Waals surface area contributed by atoms with E-state index in [9.17, 15) is 13.2 Å². The summed E-state index contributed by atoms with van der Waals surface area (Å²) in [6.07, 6.45) is 11.3. The van der Waals surface area contributed by atoms with Crippen LogP contribution in [0.4, 0.5) is 13.2 Å². The van der Waals surface area contributed by atoms with Crippen molar-refractivity contribution in [1.82, 2.24) is 4.98 Å². The molecule has 3 saturated carbocycles. The zero-order valence-electron chi connectivity index (χ0n) is 17.8. The highest BCUT2D eigenvalue weighted by molar-refractivity contribution is 5.72. The molecule has 0 amide bonds. The second kappa shape index (κ2) is 6.11. The number of alkyl halides is 2. The van der Waals surface area contributed by atoms with Crippen molar-refractivity contribution in [2.75, 3.05) is 0 Å². The predicted molar refractivity (Wildman–Crippen MR) is 109 cm³/mol. The fourth-order valence-corrected chi connectivity index (χ4v) is 8.41. The largest absolute Gasteiger partial charge is 0.261 e. The third-order valence-electron chi connectivity index (χ3n) is 9.84. The third-order valence-corrected chi connectivity index (χ3v) is 9.84. The first kappa shape index (κ1) is 19.6. The Morgan fingerprint density at radius 2 is 1.72 bits per heavy atom. The van der Waals surface area contributed by atoms with Crippen LogP contribution < -0.4 is 0 Å². The first-order valence-corrected chi connectivity index (χ1v) is 11.3. The second-order valence-electron chi connectivity index (χ2n) is 11.1. The summed E-state index contributed by atoms with van der Waals surface area (Å²) in [5.41, 5.74) is 2.36. The Kier molecular flexibility index (Phi) is 4.13. The van der Waals surface area contributed by atoms with E-state index in [1.807, 2.05) is 0 Å². The molecule has 4 aliphatic rings. The maximum Gasteiger partial charge on any atom is 0.248 e. The molecule has 6 unspecified atom stereocenters. The van der Waals surface area contributed by atoms with Crippen molar-refractivity contribution in [3.8, 4) is 0 Å². The molecule has 1 aromatic heterocycles. The highest BCUT2D eigenvalue weighted by Gasteiger charge is 2.65. The molecular formula is C25H32F3N. The van der Waals surface area contributed by atoms with Crippen LogP contribution in [0.2, 0.25) is 0 Å². The van der Waals surface area contributed by atoms with E-state index in [2.05, 4.69) is 31.8 Å². The van der Waals surface area contributed by atoms with Crippen LogP contribution in [0.15, 0.2) is 24.5 Å². The minimum atomic E-state index is -2.48. The van der Waals surface area contributed by atoms with Gasteiger partial charge < -0.3 is 0 Å². The molecular weight excluding hydrogens is 371 g/mol. The van der Waals surface area contributed by atoms with Crippen LogP contribution in [0.1, 0.15) is 77.7 Å². The molecule has 1 nitrogen and oxygen atoms in total. The number of allylic oxidation sites excluding steroid dienone is 2. The van der Waals surface area contributed by atoms with Crippen molar-refractivity contribution < 1.29 is 13.2 Å². The van der Waals surface area contributed by atoms with Crippen LogP contribution in [0.5, 0.6) is 0 Å². The highest BCUT2D eigenvalue weighted by atomic mass is 19.3. The van der Waals surface area contributed by atoms with Gasteiger partial charge in [-0.2, -0.15) is 0 Å². The number of halogens is 3. The van der Waals surface area contributed by atoms with E-state index >= 15 is 0 Å². The Morgan fingerprint density at radius 3 is 2.48 bits per heavy atom. The van der Waals surface area contributed by atoms with Gasteiger partial charge in [-0.1, -0.05) is 26.8 Å². The van der Waals surface area contributed by atoms with Crippen LogP contribution in [0.25, 0.3) is 5.57 Å². The van der Waals surface area contributed by atoms with Crippen molar-refractivity contribution in [2.24, 2.45) is 34.0 Å². The van der Waals surface area contributed by atoms with Gasteiger partial charge in [0, 0.05) is 19.0 Å². The van der Waals surface area contributed by atoms with Gasteiger partial charge in [-0.05, 0) is 89.7 Å². The summed E-state index contributed by atoms with van der Waals surface area (Å²) in [6, 6.07) is 1.61. The lowest BCUT2D eigenvalue weighted by molar-refractivity contribution is -0.189. The van der Waals surface area contributed by atoms with Gasteiger partial charge in [-0.3, -0.25) is 4.98 Å². The van der Waals surface area contributed by atoms with E-state index in [-0.39, 0.29) is 40.8 Å². The van der Waals surface area contributed by atoms with Gasteiger partial charge in [0.2, 0.25) is 5.92 Å². The summed E-state index contributed by atoms with van der Waals surface area (Å²) < 4.78 is 42.2. The Morgan fingerprint density at radius 1 is 0.931 bits per heavy atom. The summed E-state index contributed by atoms with van der Waals surface area (Å²) >= 11 is 0. The third kappa shape index (κ3) is 2.69. The van der Waals surface area contributed by atoms with Crippen molar-refractivity contribution >= 4 is 5.57 Å². The Balaban J connectivity index is 1.48. The lowest BCUT2D eigenvalue weighted by Crippen LogP contribution is -2.59. The molecule has 6 atom stereocenters. The lowest BCUT2D eigenvalue weighted by Gasteiger charge is -2.65. The van der Waals surface area contributed by atoms with E-state index in [1.165, 1.54) is 11.8 Å². The maximum atomic E-state index is 14.2. The SMILES string of the molecule is CC12CCC3C4(C)CCC(F)(F)CC4CCC3(C)C1CC=C2c1cncc(F)c1. The van der Waals surface area contributed by atoms with Crippen molar-refractivity contribution in [2.45, 2.75) is 78.1 Å². The number of fused-ring (bicyclic) bond motifs is 5. The normalized spacial score (nSPS) is 45.7. The second-order valence-corrected chi connectivity index (χ2v) is 11.1. The highest BCUT2D eigenvalue weighted by Crippen LogP contribution is 2.72. The molecule has 5 rings (SSSR count). The smallest absolute Gasteiger partial charge is 0.248 e. The average Bonchev–Trinajstić information content (AvgIpc) is 3.01. The Labute approximate surface area is 172 Å². The zero-order valence-corrected chi connectivity index (χ0v) is 17.8. The van der Waals surface area contributed by atoms with Crippen LogP contribution >= 0.6 is 0 Å². The van der Waals surface area contributed by atoms with Gasteiger partial charge in [0.15, 0.2) is 0 Å². The zero-order chi connectivity index (χ0) is 20.7. The van der Waals surface area contributed by atoms with E-state index in [1.54, 1.807) is 12.3 Å². The molecule has 0 N–H and O–H groups in total. The standard InChI is InChI=1S/C25H32F3N/c1-22-10-11-25(27,28)13-17(22)6-8-24(3)20-5-4-19(16-12-18(26)15-29-14-16)23(20,2)9-7-21(22)24/h4,12,14-15,17,20-21H,5-11,13H2,1-3H3. The molecule has 4 heteroatoms. The molecule has 0 bridgehead atoms. The minimum Gasteiger partial charge on any atom is -0.261 e. The molecule has 0 aromatic carbocycles. The first-order valence-electron chi connectivity index (χ1n) is 11.3. The topological polar surface area (TPSA) is 12.9 Å². The van der Waals surface area contributed by atoms with Crippen LogP contribution in [-0.2, 0) is 0 Å². The van der Waals surface area contributed by atoms with Crippen LogP contribution in [0.3, 0.4) is 0 Å². The van der Waals surface area contributed by atoms with Gasteiger partial charge in [0.25, 0.3) is 0 Å². The van der Waals surface area contributed by atoms with Gasteiger partial charge in [-0.25, -0.2) is 13.2 Å². The monoisotopic (exact) mass is 403 g/mol. The molecule has 0 spiro atoms. The first-order chi connectivity index (χ1) is 13.6. The van der Waals surface area contributed by atoms with Gasteiger partial charge in [-0.15, -0.1) is 0 Å². The molecule has 1 heterocycles. The molecule has 0 aliphatic heterocycles. The van der Waals surface area contributed by atoms with Gasteiger partial charge >= 0.3 is 0 Å². The number of aromatic nitrogens is 1. The van der Waals surface area contributed by atoms with E-state index < -0.39 is 5.92 Å². The maximum absolute atomic E-state index is 14.2. The molecule has 29 heavy (non-hydrogen) atoms. The molecule has 0 saturated heterocycles. The summed E-state index contributed by atoms with van der Waals surface area (Å²) in [4.78, 5) is 4.09. The Bertz CT molecular complexity index is 863. The molecule has 0 radical (unpaired) electrons. The quantitative estimate of drug-likeness (QED) is 0.480. The molecule has 158 valence electrons. The van der Waals surface area contributed by atoms with E-state index in [4.69, 9.17) is 0 Å². The number of nitrogens with zero attached hydrogens (tertiary/aromatic N) is 1. The molecule has 1 aromatic rings. The van der Waals surface area contributed by atoms with Crippen LogP contribution in [0, 0.1) is 39.8 Å². The molecule has 3 fully saturated rings. The summed E-state index contributed by atoms with van der Waals surface area (Å²) in [6.45, 7) is 7.11. The molecule has 4 aliphatic carbocycles. The van der Waals surface area contributed by atoms with Gasteiger partial charge in [0.1, 0.15) is 5.82 Å². The van der Waals surface area contributed by atoms with Crippen molar-refractivity contribution in [1.29, 1.82) is 0 Å². The van der Waals surface area contributed by atoms with E-state index in [0.717, 1.165) is 37.7 Å². The number of hydrogen-bond acceptors (Lipinski definition) is 1. The number of rotatable bonds is 1. The fourth-order valence-electron chi connectivity index (χ4n) is 8.41. The fraction of sp³-hybridized carbons (Fsp3) is 0.720. The summed E-state index contributed by atoms with van der Waals surface area (Å²) in [5.74, 6) is -1.62. The number of pyridine rings is 1. The van der Waals surface area contributed by atoms with Gasteiger partial charge in [0.05, 0.1) is 6.20 Å². The predicted octanol–water partition coefficient (Wildman–Crippen LogP) is 7.28. The average molecular weight is 404 g/mol. The Hall–Kier alpha value is -1.32. The lowest BCUT2D eigenvalue weighted by atomic mass is 9.39. The number of hydrogen-bond donors (Lipinski definition) is 0. The summed E-state index contributed by atoms with van der Waals surface area (Å²) in [7, 11) is 0. The van der Waals surface area contributed by atoms with Crippen LogP contribution in [-0.4, -0.2) is 10.9 Å².